The van der Waals surface area contributed by atoms with Gasteiger partial charge in [0.05, 0.1) is 25.6 Å². The number of ether oxygens (including phenoxy) is 4. The largest absolute Gasteiger partial charge is 0.513 e. The van der Waals surface area contributed by atoms with Crippen LogP contribution in [0.5, 0.6) is 11.5 Å². The molecule has 0 heterocycles. The molecule has 1 saturated carbocycles. The Balaban J connectivity index is 1.58. The molecule has 43 heavy (non-hydrogen) atoms. The van der Waals surface area contributed by atoms with Crippen molar-refractivity contribution in [1.82, 2.24) is 0 Å². The normalized spacial score (nSPS) is 14.7. The van der Waals surface area contributed by atoms with E-state index < -0.39 is 0 Å². The van der Waals surface area contributed by atoms with Crippen molar-refractivity contribution in [3.63, 3.8) is 0 Å². The van der Waals surface area contributed by atoms with Crippen LogP contribution < -0.4 is 14.8 Å². The first-order valence-corrected chi connectivity index (χ1v) is 16.3. The Morgan fingerprint density at radius 2 is 1.84 bits per heavy atom. The Kier molecular flexibility index (Phi) is 14.7. The minimum atomic E-state index is 0.208. The zero-order chi connectivity index (χ0) is 31.1. The van der Waals surface area contributed by atoms with Crippen molar-refractivity contribution < 1.29 is 24.1 Å². The van der Waals surface area contributed by atoms with E-state index >= 15 is 0 Å². The highest BCUT2D eigenvalue weighted by molar-refractivity contribution is 5.55. The molecule has 0 radical (unpaired) electrons. The van der Waals surface area contributed by atoms with E-state index in [1.807, 2.05) is 6.07 Å². The van der Waals surface area contributed by atoms with Gasteiger partial charge in [-0.1, -0.05) is 58.9 Å². The molecule has 240 valence electrons. The van der Waals surface area contributed by atoms with Gasteiger partial charge in [0, 0.05) is 31.8 Å². The number of anilines is 1. The third kappa shape index (κ3) is 13.6. The highest BCUT2D eigenvalue weighted by Gasteiger charge is 2.32. The Bertz CT molecular complexity index is 1090. The Labute approximate surface area is 261 Å². The topological polar surface area (TPSA) is 69.2 Å². The number of allylic oxidation sites excluding steroid dienone is 1. The van der Waals surface area contributed by atoms with Crippen LogP contribution in [-0.4, -0.2) is 45.4 Å². The lowest BCUT2D eigenvalue weighted by Gasteiger charge is -2.21. The molecule has 2 N–H and O–H groups in total. The summed E-state index contributed by atoms with van der Waals surface area (Å²) < 4.78 is 22.8. The van der Waals surface area contributed by atoms with Crippen LogP contribution in [0.4, 0.5) is 5.69 Å². The fraction of sp³-hybridized carbons (Fsp3) is 0.622. The molecule has 2 unspecified atom stereocenters. The van der Waals surface area contributed by atoms with Crippen molar-refractivity contribution in [3.05, 3.63) is 65.9 Å². The average molecular weight is 596 g/mol. The minimum Gasteiger partial charge on any atom is -0.513 e. The second kappa shape index (κ2) is 18.2. The highest BCUT2D eigenvalue weighted by Crippen LogP contribution is 2.46. The number of hydrogen-bond donors (Lipinski definition) is 2. The van der Waals surface area contributed by atoms with Crippen LogP contribution in [0.25, 0.3) is 0 Å². The molecule has 0 aliphatic heterocycles. The molecule has 0 spiro atoms. The van der Waals surface area contributed by atoms with E-state index in [1.54, 1.807) is 7.11 Å². The van der Waals surface area contributed by atoms with E-state index in [1.165, 1.54) is 30.4 Å². The zero-order valence-electron chi connectivity index (χ0n) is 27.5. The number of rotatable bonds is 22. The third-order valence-electron chi connectivity index (χ3n) is 8.18. The summed E-state index contributed by atoms with van der Waals surface area (Å²) >= 11 is 0. The van der Waals surface area contributed by atoms with Gasteiger partial charge in [0.25, 0.3) is 0 Å². The molecule has 6 nitrogen and oxygen atoms in total. The second-order valence-corrected chi connectivity index (χ2v) is 13.4. The molecule has 2 aromatic carbocycles. The quantitative estimate of drug-likeness (QED) is 0.0803. The van der Waals surface area contributed by atoms with Crippen LogP contribution in [0.2, 0.25) is 0 Å². The highest BCUT2D eigenvalue weighted by atomic mass is 16.7. The molecular formula is C37H57NO5. The predicted molar refractivity (Wildman–Crippen MR) is 177 cm³/mol. The van der Waals surface area contributed by atoms with E-state index in [4.69, 9.17) is 18.9 Å². The molecule has 0 bridgehead atoms. The van der Waals surface area contributed by atoms with Crippen molar-refractivity contribution in [2.24, 2.45) is 17.3 Å². The number of aliphatic hydroxyl groups excluding tert-OH is 1. The molecule has 0 saturated heterocycles. The predicted octanol–water partition coefficient (Wildman–Crippen LogP) is 9.31. The van der Waals surface area contributed by atoms with Crippen LogP contribution in [0, 0.1) is 17.3 Å². The smallest absolute Gasteiger partial charge is 0.189 e. The Morgan fingerprint density at radius 3 is 2.53 bits per heavy atom. The molecule has 2 atom stereocenters. The van der Waals surface area contributed by atoms with Gasteiger partial charge in [-0.2, -0.15) is 0 Å². The summed E-state index contributed by atoms with van der Waals surface area (Å²) in [4.78, 5) is 0. The van der Waals surface area contributed by atoms with Gasteiger partial charge in [-0.25, -0.2) is 0 Å². The molecule has 0 amide bonds. The summed E-state index contributed by atoms with van der Waals surface area (Å²) in [7, 11) is 1.66. The summed E-state index contributed by atoms with van der Waals surface area (Å²) in [5.74, 6) is 3.41. The lowest BCUT2D eigenvalue weighted by atomic mass is 9.89. The standard InChI is InChI=1S/C37H57NO5/c1-7-10-29(26-42-33-13-8-11-32(24-33)35(23-28(2)39)30-14-15-30)18-20-38-36-25-34(43-27-41-22-21-40-6)17-16-31(36)12-9-19-37(3,4)5/h8,11,13,16-17,24-25,29-30,35,38-39H,2,7,9-10,12,14-15,18-23,26-27H2,1,3-6H3. The van der Waals surface area contributed by atoms with E-state index in [0.29, 0.717) is 49.4 Å². The number of methoxy groups -OCH3 is 1. The van der Waals surface area contributed by atoms with E-state index in [-0.39, 0.29) is 12.6 Å². The monoisotopic (exact) mass is 595 g/mol. The maximum absolute atomic E-state index is 9.86. The lowest BCUT2D eigenvalue weighted by Crippen LogP contribution is -2.17. The van der Waals surface area contributed by atoms with Gasteiger partial charge >= 0.3 is 0 Å². The van der Waals surface area contributed by atoms with Crippen molar-refractivity contribution in [2.75, 3.05) is 45.6 Å². The molecule has 2 aromatic rings. The first-order valence-electron chi connectivity index (χ1n) is 16.3. The van der Waals surface area contributed by atoms with Crippen LogP contribution >= 0.6 is 0 Å². The summed E-state index contributed by atoms with van der Waals surface area (Å²) in [5, 5.41) is 13.6. The molecule has 1 fully saturated rings. The van der Waals surface area contributed by atoms with Crippen molar-refractivity contribution in [1.29, 1.82) is 0 Å². The van der Waals surface area contributed by atoms with Crippen LogP contribution in [0.15, 0.2) is 54.8 Å². The molecule has 0 aromatic heterocycles. The van der Waals surface area contributed by atoms with Gasteiger partial charge in [-0.15, -0.1) is 0 Å². The third-order valence-corrected chi connectivity index (χ3v) is 8.18. The van der Waals surface area contributed by atoms with E-state index in [9.17, 15) is 5.11 Å². The van der Waals surface area contributed by atoms with Gasteiger partial charge < -0.3 is 29.4 Å². The summed E-state index contributed by atoms with van der Waals surface area (Å²) in [6.07, 6.45) is 9.72. The summed E-state index contributed by atoms with van der Waals surface area (Å²) in [6.45, 7) is 15.7. The van der Waals surface area contributed by atoms with Gasteiger partial charge in [-0.05, 0) is 97.4 Å². The number of hydrogen-bond acceptors (Lipinski definition) is 6. The fourth-order valence-electron chi connectivity index (χ4n) is 5.64. The van der Waals surface area contributed by atoms with Gasteiger partial charge in [-0.3, -0.25) is 0 Å². The molecule has 3 rings (SSSR count). The number of aliphatic hydroxyl groups is 1. The number of benzene rings is 2. The first kappa shape index (κ1) is 34.8. The van der Waals surface area contributed by atoms with Gasteiger partial charge in [0.15, 0.2) is 6.79 Å². The maximum atomic E-state index is 9.86. The first-order chi connectivity index (χ1) is 20.7. The van der Waals surface area contributed by atoms with Gasteiger partial charge in [0.2, 0.25) is 0 Å². The van der Waals surface area contributed by atoms with Crippen molar-refractivity contribution in [2.45, 2.75) is 91.4 Å². The minimum absolute atomic E-state index is 0.208. The van der Waals surface area contributed by atoms with Crippen LogP contribution in [-0.2, 0) is 15.9 Å². The van der Waals surface area contributed by atoms with Crippen LogP contribution in [0.3, 0.4) is 0 Å². The van der Waals surface area contributed by atoms with Crippen LogP contribution in [0.1, 0.15) is 96.1 Å². The summed E-state index contributed by atoms with van der Waals surface area (Å²) in [6, 6.07) is 14.8. The molecule has 1 aliphatic carbocycles. The molecular weight excluding hydrogens is 538 g/mol. The molecule has 1 aliphatic rings. The Morgan fingerprint density at radius 1 is 1.05 bits per heavy atom. The fourth-order valence-corrected chi connectivity index (χ4v) is 5.64. The van der Waals surface area contributed by atoms with Gasteiger partial charge in [0.1, 0.15) is 11.5 Å². The summed E-state index contributed by atoms with van der Waals surface area (Å²) in [5.41, 5.74) is 4.04. The maximum Gasteiger partial charge on any atom is 0.189 e. The SMILES string of the molecule is C=C(O)CC(c1cccc(OCC(CCC)CCNc2cc(OCOCCOC)ccc2CCCC(C)(C)C)c1)C1CC1. The van der Waals surface area contributed by atoms with E-state index in [0.717, 1.165) is 55.8 Å². The van der Waals surface area contributed by atoms with Crippen molar-refractivity contribution in [3.8, 4) is 11.5 Å². The Hall–Kier alpha value is -2.70. The number of aryl methyl sites for hydroxylation is 1. The molecule has 6 heteroatoms. The second-order valence-electron chi connectivity index (χ2n) is 13.4. The lowest BCUT2D eigenvalue weighted by molar-refractivity contribution is -0.00845. The average Bonchev–Trinajstić information content (AvgIpc) is 3.80. The number of nitrogens with one attached hydrogen (secondary N) is 1. The van der Waals surface area contributed by atoms with Crippen molar-refractivity contribution >= 4 is 5.69 Å². The van der Waals surface area contributed by atoms with E-state index in [2.05, 4.69) is 76.0 Å². The zero-order valence-corrected chi connectivity index (χ0v) is 27.5.